The van der Waals surface area contributed by atoms with E-state index in [1.54, 1.807) is 36.9 Å². The van der Waals surface area contributed by atoms with Gasteiger partial charge in [0.25, 0.3) is 5.91 Å². The minimum atomic E-state index is -0.376. The second-order valence-electron chi connectivity index (χ2n) is 6.44. The Morgan fingerprint density at radius 1 is 1.14 bits per heavy atom. The van der Waals surface area contributed by atoms with Crippen molar-refractivity contribution in [2.45, 2.75) is 26.8 Å². The number of nitrogens with zero attached hydrogens (tertiary/aromatic N) is 1. The third-order valence-corrected chi connectivity index (χ3v) is 4.22. The first-order valence-corrected chi connectivity index (χ1v) is 8.86. The van der Waals surface area contributed by atoms with E-state index in [-0.39, 0.29) is 37.1 Å². The molecular weight excluding hydrogens is 363 g/mol. The van der Waals surface area contributed by atoms with Crippen molar-refractivity contribution in [3.63, 3.8) is 0 Å². The fourth-order valence-electron chi connectivity index (χ4n) is 2.85. The van der Waals surface area contributed by atoms with Crippen molar-refractivity contribution in [2.75, 3.05) is 11.9 Å². The summed E-state index contributed by atoms with van der Waals surface area (Å²) in [6, 6.07) is 10.7. The predicted molar refractivity (Wildman–Crippen MR) is 101 cm³/mol. The molecule has 146 valence electrons. The molecule has 0 fully saturated rings. The lowest BCUT2D eigenvalue weighted by Crippen LogP contribution is -2.33. The summed E-state index contributed by atoms with van der Waals surface area (Å²) in [5.41, 5.74) is 0.958. The van der Waals surface area contributed by atoms with E-state index in [4.69, 9.17) is 8.83 Å². The van der Waals surface area contributed by atoms with Gasteiger partial charge in [0.05, 0.1) is 18.4 Å². The minimum Gasteiger partial charge on any atom is -0.467 e. The molecule has 0 aliphatic rings. The molecule has 1 N–H and O–H groups in total. The molecule has 3 aromatic rings. The Morgan fingerprint density at radius 2 is 1.89 bits per heavy atom. The highest BCUT2D eigenvalue weighted by Gasteiger charge is 2.22. The highest BCUT2D eigenvalue weighted by molar-refractivity contribution is 5.96. The van der Waals surface area contributed by atoms with Crippen LogP contribution in [-0.4, -0.2) is 23.3 Å². The second-order valence-corrected chi connectivity index (χ2v) is 6.44. The minimum absolute atomic E-state index is 0.0830. The van der Waals surface area contributed by atoms with Crippen molar-refractivity contribution in [3.8, 4) is 0 Å². The van der Waals surface area contributed by atoms with Gasteiger partial charge in [0.15, 0.2) is 0 Å². The Hall–Kier alpha value is -3.35. The molecule has 0 aliphatic heterocycles. The van der Waals surface area contributed by atoms with Crippen LogP contribution in [0.25, 0.3) is 0 Å². The summed E-state index contributed by atoms with van der Waals surface area (Å²) >= 11 is 0. The van der Waals surface area contributed by atoms with Crippen LogP contribution in [-0.2, 0) is 11.3 Å². The summed E-state index contributed by atoms with van der Waals surface area (Å²) in [6.45, 7) is 3.93. The van der Waals surface area contributed by atoms with E-state index in [1.807, 2.05) is 0 Å². The van der Waals surface area contributed by atoms with E-state index in [0.717, 1.165) is 0 Å². The van der Waals surface area contributed by atoms with Gasteiger partial charge in [-0.3, -0.25) is 9.59 Å². The van der Waals surface area contributed by atoms with Gasteiger partial charge in [-0.15, -0.1) is 0 Å². The lowest BCUT2D eigenvalue weighted by Gasteiger charge is -2.21. The maximum absolute atomic E-state index is 13.0. The zero-order valence-electron chi connectivity index (χ0n) is 15.7. The molecule has 7 heteroatoms. The van der Waals surface area contributed by atoms with Gasteiger partial charge in [-0.1, -0.05) is 0 Å². The lowest BCUT2D eigenvalue weighted by molar-refractivity contribution is -0.116. The van der Waals surface area contributed by atoms with Gasteiger partial charge in [-0.2, -0.15) is 0 Å². The van der Waals surface area contributed by atoms with Gasteiger partial charge in [0.2, 0.25) is 5.91 Å². The molecule has 2 heterocycles. The third kappa shape index (κ3) is 4.88. The fourth-order valence-corrected chi connectivity index (χ4v) is 2.85. The maximum atomic E-state index is 13.0. The number of aryl methyl sites for hydroxylation is 2. The molecule has 0 saturated carbocycles. The number of hydrogen-bond donors (Lipinski definition) is 1. The normalized spacial score (nSPS) is 10.7. The number of benzene rings is 1. The predicted octanol–water partition coefficient (Wildman–Crippen LogP) is 4.30. The maximum Gasteiger partial charge on any atom is 0.257 e. The molecule has 0 bridgehead atoms. The monoisotopic (exact) mass is 384 g/mol. The smallest absolute Gasteiger partial charge is 0.257 e. The van der Waals surface area contributed by atoms with Crippen LogP contribution >= 0.6 is 0 Å². The van der Waals surface area contributed by atoms with Gasteiger partial charge in [0, 0.05) is 18.7 Å². The first-order chi connectivity index (χ1) is 13.4. The van der Waals surface area contributed by atoms with E-state index < -0.39 is 0 Å². The summed E-state index contributed by atoms with van der Waals surface area (Å²) < 4.78 is 23.8. The molecule has 6 nitrogen and oxygen atoms in total. The summed E-state index contributed by atoms with van der Waals surface area (Å²) in [5, 5.41) is 2.69. The van der Waals surface area contributed by atoms with Crippen molar-refractivity contribution in [1.82, 2.24) is 4.90 Å². The first kappa shape index (κ1) is 19.4. The van der Waals surface area contributed by atoms with E-state index >= 15 is 0 Å². The van der Waals surface area contributed by atoms with Gasteiger partial charge in [0.1, 0.15) is 23.1 Å². The fraction of sp³-hybridized carbons (Fsp3) is 0.238. The number of carbonyl (C=O) groups is 2. The van der Waals surface area contributed by atoms with Crippen molar-refractivity contribution in [2.24, 2.45) is 0 Å². The molecule has 0 radical (unpaired) electrons. The number of hydrogen-bond acceptors (Lipinski definition) is 4. The molecule has 28 heavy (non-hydrogen) atoms. The van der Waals surface area contributed by atoms with Gasteiger partial charge >= 0.3 is 0 Å². The number of nitrogens with one attached hydrogen (secondary N) is 1. The topological polar surface area (TPSA) is 75.7 Å². The number of anilines is 1. The average molecular weight is 384 g/mol. The van der Waals surface area contributed by atoms with Crippen molar-refractivity contribution < 1.29 is 22.8 Å². The molecule has 0 unspecified atom stereocenters. The largest absolute Gasteiger partial charge is 0.467 e. The highest BCUT2D eigenvalue weighted by Crippen LogP contribution is 2.18. The summed E-state index contributed by atoms with van der Waals surface area (Å²) in [4.78, 5) is 26.8. The Morgan fingerprint density at radius 3 is 2.50 bits per heavy atom. The van der Waals surface area contributed by atoms with Crippen LogP contribution in [0.5, 0.6) is 0 Å². The first-order valence-electron chi connectivity index (χ1n) is 8.86. The molecule has 3 rings (SSSR count). The van der Waals surface area contributed by atoms with Crippen LogP contribution in [0.4, 0.5) is 10.1 Å². The number of carbonyl (C=O) groups excluding carboxylic acids is 2. The van der Waals surface area contributed by atoms with Crippen molar-refractivity contribution >= 4 is 17.5 Å². The molecular formula is C21H21FN2O4. The standard InChI is InChI=1S/C21H21FN2O4/c1-14-12-19(15(2)28-14)21(26)24(13-18-4-3-11-27-18)10-9-20(25)23-17-7-5-16(22)6-8-17/h3-8,11-12H,9-10,13H2,1-2H3,(H,23,25). The number of halogens is 1. The summed E-state index contributed by atoms with van der Waals surface area (Å²) in [5.74, 6) is 0.906. The SMILES string of the molecule is Cc1cc(C(=O)N(CCC(=O)Nc2ccc(F)cc2)Cc2ccco2)c(C)o1. The summed E-state index contributed by atoms with van der Waals surface area (Å²) in [6.07, 6.45) is 1.62. The molecule has 0 saturated heterocycles. The Balaban J connectivity index is 1.68. The quantitative estimate of drug-likeness (QED) is 0.659. The zero-order chi connectivity index (χ0) is 20.1. The molecule has 0 spiro atoms. The Bertz CT molecular complexity index is 945. The molecule has 1 aromatic carbocycles. The van der Waals surface area contributed by atoms with E-state index in [0.29, 0.717) is 28.5 Å². The number of amides is 2. The Labute approximate surface area is 161 Å². The van der Waals surface area contributed by atoms with Gasteiger partial charge in [-0.05, 0) is 56.3 Å². The second kappa shape index (κ2) is 8.56. The molecule has 2 amide bonds. The van der Waals surface area contributed by atoms with Crippen LogP contribution in [0.2, 0.25) is 0 Å². The van der Waals surface area contributed by atoms with E-state index in [2.05, 4.69) is 5.32 Å². The van der Waals surface area contributed by atoms with Crippen molar-refractivity contribution in [3.05, 3.63) is 77.4 Å². The van der Waals surface area contributed by atoms with E-state index in [9.17, 15) is 14.0 Å². The van der Waals surface area contributed by atoms with Crippen LogP contribution in [0.3, 0.4) is 0 Å². The van der Waals surface area contributed by atoms with Crippen LogP contribution in [0, 0.1) is 19.7 Å². The molecule has 0 atom stereocenters. The van der Waals surface area contributed by atoms with Crippen molar-refractivity contribution in [1.29, 1.82) is 0 Å². The molecule has 0 aliphatic carbocycles. The highest BCUT2D eigenvalue weighted by atomic mass is 19.1. The Kier molecular flexibility index (Phi) is 5.93. The number of rotatable bonds is 7. The van der Waals surface area contributed by atoms with Crippen LogP contribution in [0.1, 0.15) is 34.1 Å². The summed E-state index contributed by atoms with van der Waals surface area (Å²) in [7, 11) is 0. The van der Waals surface area contributed by atoms with Gasteiger partial charge < -0.3 is 19.1 Å². The lowest BCUT2D eigenvalue weighted by atomic mass is 10.2. The van der Waals surface area contributed by atoms with E-state index in [1.165, 1.54) is 30.5 Å². The third-order valence-electron chi connectivity index (χ3n) is 4.22. The van der Waals surface area contributed by atoms with Crippen LogP contribution in [0.15, 0.2) is 57.6 Å². The van der Waals surface area contributed by atoms with Crippen LogP contribution < -0.4 is 5.32 Å². The number of furan rings is 2. The average Bonchev–Trinajstić information content (AvgIpc) is 3.29. The molecule has 2 aromatic heterocycles. The zero-order valence-corrected chi connectivity index (χ0v) is 15.7. The van der Waals surface area contributed by atoms with Gasteiger partial charge in [-0.25, -0.2) is 4.39 Å².